The monoisotopic (exact) mass is 370 g/mol. The van der Waals surface area contributed by atoms with Crippen LogP contribution in [0.15, 0.2) is 23.1 Å². The predicted molar refractivity (Wildman–Crippen MR) is 90.1 cm³/mol. The van der Waals surface area contributed by atoms with Gasteiger partial charge in [0.15, 0.2) is 0 Å². The predicted octanol–water partition coefficient (Wildman–Crippen LogP) is 1.54. The van der Waals surface area contributed by atoms with Gasteiger partial charge in [-0.2, -0.15) is 4.31 Å². The third-order valence-electron chi connectivity index (χ3n) is 4.74. The van der Waals surface area contributed by atoms with Gasteiger partial charge in [-0.15, -0.1) is 0 Å². The Morgan fingerprint density at radius 1 is 1.20 bits per heavy atom. The smallest absolute Gasteiger partial charge is 0.251 e. The number of benzene rings is 1. The number of halogens is 1. The third-order valence-corrected chi connectivity index (χ3v) is 6.63. The van der Waals surface area contributed by atoms with E-state index < -0.39 is 15.8 Å². The highest BCUT2D eigenvalue weighted by Crippen LogP contribution is 2.21. The van der Waals surface area contributed by atoms with Crippen molar-refractivity contribution in [3.05, 3.63) is 29.6 Å². The number of sulfonamides is 1. The van der Waals surface area contributed by atoms with E-state index in [-0.39, 0.29) is 23.5 Å². The largest absolute Gasteiger partial charge is 0.368 e. The lowest BCUT2D eigenvalue weighted by molar-refractivity contribution is -0.140. The maximum Gasteiger partial charge on any atom is 0.251 e. The molecule has 1 unspecified atom stereocenters. The summed E-state index contributed by atoms with van der Waals surface area (Å²) in [6.07, 6.45) is 1.79. The lowest BCUT2D eigenvalue weighted by atomic mass is 10.2. The number of carbonyl (C=O) groups is 1. The van der Waals surface area contributed by atoms with Crippen molar-refractivity contribution < 1.29 is 22.3 Å². The lowest BCUT2D eigenvalue weighted by Gasteiger charge is -2.24. The van der Waals surface area contributed by atoms with Crippen molar-refractivity contribution in [2.45, 2.75) is 37.2 Å². The molecule has 0 aliphatic carbocycles. The Morgan fingerprint density at radius 3 is 2.68 bits per heavy atom. The summed E-state index contributed by atoms with van der Waals surface area (Å²) in [5.41, 5.74) is 0.297. The average Bonchev–Trinajstić information content (AvgIpc) is 3.00. The molecule has 8 heteroatoms. The van der Waals surface area contributed by atoms with Crippen LogP contribution in [0.4, 0.5) is 4.39 Å². The molecule has 0 spiro atoms. The molecule has 1 aromatic carbocycles. The van der Waals surface area contributed by atoms with Gasteiger partial charge in [0.05, 0.1) is 4.90 Å². The fourth-order valence-electron chi connectivity index (χ4n) is 3.26. The molecule has 1 amide bonds. The molecule has 2 fully saturated rings. The highest BCUT2D eigenvalue weighted by atomic mass is 32.2. The van der Waals surface area contributed by atoms with Crippen LogP contribution >= 0.6 is 0 Å². The molecule has 6 nitrogen and oxygen atoms in total. The molecule has 138 valence electrons. The lowest BCUT2D eigenvalue weighted by Crippen LogP contribution is -2.41. The molecule has 2 heterocycles. The second kappa shape index (κ2) is 7.39. The summed E-state index contributed by atoms with van der Waals surface area (Å²) >= 11 is 0. The average molecular weight is 370 g/mol. The van der Waals surface area contributed by atoms with Gasteiger partial charge in [-0.25, -0.2) is 12.8 Å². The standard InChI is InChI=1S/C17H23FN2O4S/c1-13-12-14(5-6-15(13)18)25(22,23)20-8-3-7-19(9-10-20)17(21)16-4-2-11-24-16/h5-6,12,16H,2-4,7-11H2,1H3. The molecule has 2 aliphatic rings. The van der Waals surface area contributed by atoms with E-state index in [1.54, 1.807) is 11.8 Å². The molecule has 2 saturated heterocycles. The summed E-state index contributed by atoms with van der Waals surface area (Å²) in [7, 11) is -3.70. The fourth-order valence-corrected chi connectivity index (χ4v) is 4.81. The second-order valence-corrected chi connectivity index (χ2v) is 8.43. The van der Waals surface area contributed by atoms with Crippen molar-refractivity contribution in [1.29, 1.82) is 0 Å². The van der Waals surface area contributed by atoms with Gasteiger partial charge in [-0.3, -0.25) is 4.79 Å². The van der Waals surface area contributed by atoms with Gasteiger partial charge in [-0.1, -0.05) is 0 Å². The van der Waals surface area contributed by atoms with Crippen molar-refractivity contribution in [3.63, 3.8) is 0 Å². The molecule has 1 aromatic rings. The van der Waals surface area contributed by atoms with Crippen molar-refractivity contribution in [2.24, 2.45) is 0 Å². The zero-order chi connectivity index (χ0) is 18.0. The Hall–Kier alpha value is -1.51. The number of nitrogens with zero attached hydrogens (tertiary/aromatic N) is 2. The Balaban J connectivity index is 1.71. The first-order chi connectivity index (χ1) is 11.9. The minimum atomic E-state index is -3.70. The molecule has 0 aromatic heterocycles. The molecule has 0 radical (unpaired) electrons. The first kappa shape index (κ1) is 18.3. The Morgan fingerprint density at radius 2 is 2.00 bits per heavy atom. The van der Waals surface area contributed by atoms with Crippen LogP contribution in [0.3, 0.4) is 0 Å². The second-order valence-electron chi connectivity index (χ2n) is 6.50. The van der Waals surface area contributed by atoms with Crippen LogP contribution in [0.2, 0.25) is 0 Å². The van der Waals surface area contributed by atoms with Gasteiger partial charge in [0.25, 0.3) is 5.91 Å². The molecule has 1 atom stereocenters. The summed E-state index contributed by atoms with van der Waals surface area (Å²) in [6, 6.07) is 3.82. The number of carbonyl (C=O) groups excluding carboxylic acids is 1. The van der Waals surface area contributed by atoms with E-state index in [1.807, 2.05) is 0 Å². The van der Waals surface area contributed by atoms with E-state index in [0.717, 1.165) is 12.8 Å². The van der Waals surface area contributed by atoms with Crippen LogP contribution in [0.25, 0.3) is 0 Å². The molecular weight excluding hydrogens is 347 g/mol. The van der Waals surface area contributed by atoms with Gasteiger partial charge >= 0.3 is 0 Å². The van der Waals surface area contributed by atoms with Crippen molar-refractivity contribution in [3.8, 4) is 0 Å². The molecule has 0 N–H and O–H groups in total. The number of hydrogen-bond acceptors (Lipinski definition) is 4. The van der Waals surface area contributed by atoms with E-state index in [4.69, 9.17) is 4.74 Å². The minimum absolute atomic E-state index is 0.0469. The van der Waals surface area contributed by atoms with Crippen LogP contribution in [0.5, 0.6) is 0 Å². The Bertz CT molecular complexity index is 747. The zero-order valence-corrected chi connectivity index (χ0v) is 15.1. The van der Waals surface area contributed by atoms with Crippen molar-refractivity contribution in [2.75, 3.05) is 32.8 Å². The van der Waals surface area contributed by atoms with Gasteiger partial charge in [-0.05, 0) is 49.9 Å². The van der Waals surface area contributed by atoms with Crippen molar-refractivity contribution >= 4 is 15.9 Å². The summed E-state index contributed by atoms with van der Waals surface area (Å²) in [4.78, 5) is 14.2. The number of aryl methyl sites for hydroxylation is 1. The summed E-state index contributed by atoms with van der Waals surface area (Å²) < 4.78 is 45.9. The highest BCUT2D eigenvalue weighted by molar-refractivity contribution is 7.89. The first-order valence-electron chi connectivity index (χ1n) is 8.56. The Kier molecular flexibility index (Phi) is 5.41. The zero-order valence-electron chi connectivity index (χ0n) is 14.3. The van der Waals surface area contributed by atoms with Crippen LogP contribution in [0, 0.1) is 12.7 Å². The number of ether oxygens (including phenoxy) is 1. The minimum Gasteiger partial charge on any atom is -0.368 e. The first-order valence-corrected chi connectivity index (χ1v) is 10.0. The van der Waals surface area contributed by atoms with Gasteiger partial charge < -0.3 is 9.64 Å². The van der Waals surface area contributed by atoms with Crippen LogP contribution in [-0.4, -0.2) is 62.4 Å². The SMILES string of the molecule is Cc1cc(S(=O)(=O)N2CCCN(C(=O)C3CCCO3)CC2)ccc1F. The van der Waals surface area contributed by atoms with E-state index in [1.165, 1.54) is 22.5 Å². The Labute approximate surface area is 147 Å². The van der Waals surface area contributed by atoms with E-state index in [2.05, 4.69) is 0 Å². The fraction of sp³-hybridized carbons (Fsp3) is 0.588. The summed E-state index contributed by atoms with van der Waals surface area (Å²) in [6.45, 7) is 3.59. The number of amides is 1. The molecular formula is C17H23FN2O4S. The summed E-state index contributed by atoms with van der Waals surface area (Å²) in [5, 5.41) is 0. The van der Waals surface area contributed by atoms with E-state index in [9.17, 15) is 17.6 Å². The molecule has 25 heavy (non-hydrogen) atoms. The topological polar surface area (TPSA) is 66.9 Å². The summed E-state index contributed by atoms with van der Waals surface area (Å²) in [5.74, 6) is -0.475. The molecule has 0 saturated carbocycles. The third kappa shape index (κ3) is 3.86. The normalized spacial score (nSPS) is 22.8. The molecule has 3 rings (SSSR count). The van der Waals surface area contributed by atoms with Gasteiger partial charge in [0, 0.05) is 32.8 Å². The van der Waals surface area contributed by atoms with Gasteiger partial charge in [0.2, 0.25) is 10.0 Å². The molecule has 0 bridgehead atoms. The van der Waals surface area contributed by atoms with Crippen LogP contribution in [0.1, 0.15) is 24.8 Å². The van der Waals surface area contributed by atoms with Crippen LogP contribution in [-0.2, 0) is 19.6 Å². The quantitative estimate of drug-likeness (QED) is 0.809. The highest BCUT2D eigenvalue weighted by Gasteiger charge is 2.32. The number of rotatable bonds is 3. The van der Waals surface area contributed by atoms with E-state index in [0.29, 0.717) is 38.2 Å². The van der Waals surface area contributed by atoms with E-state index >= 15 is 0 Å². The molecule has 2 aliphatic heterocycles. The maximum atomic E-state index is 13.4. The number of hydrogen-bond donors (Lipinski definition) is 0. The van der Waals surface area contributed by atoms with Gasteiger partial charge in [0.1, 0.15) is 11.9 Å². The van der Waals surface area contributed by atoms with Crippen LogP contribution < -0.4 is 0 Å². The van der Waals surface area contributed by atoms with Crippen molar-refractivity contribution in [1.82, 2.24) is 9.21 Å². The maximum absolute atomic E-state index is 13.4.